The molecule has 116 valence electrons. The summed E-state index contributed by atoms with van der Waals surface area (Å²) in [5, 5.41) is 9.34. The van der Waals surface area contributed by atoms with Crippen LogP contribution in [0, 0.1) is 16.5 Å². The van der Waals surface area contributed by atoms with Crippen LogP contribution in [-0.2, 0) is 11.3 Å². The number of carboxylic acids is 1. The molecule has 0 bridgehead atoms. The number of nitrogens with zero attached hydrogens (tertiary/aromatic N) is 2. The summed E-state index contributed by atoms with van der Waals surface area (Å²) in [5.41, 5.74) is 1.90. The van der Waals surface area contributed by atoms with E-state index < -0.39 is 12.0 Å². The molecule has 1 aromatic carbocycles. The lowest BCUT2D eigenvalue weighted by Crippen LogP contribution is -2.39. The number of carboxylic acid groups (broad SMARTS) is 1. The molecule has 0 spiro atoms. The van der Waals surface area contributed by atoms with Gasteiger partial charge in [0, 0.05) is 5.69 Å². The smallest absolute Gasteiger partial charge is 0.326 e. The Labute approximate surface area is 137 Å². The molecule has 1 unspecified atom stereocenters. The lowest BCUT2D eigenvalue weighted by Gasteiger charge is -2.28. The average molecular weight is 336 g/mol. The largest absolute Gasteiger partial charge is 0.480 e. The third kappa shape index (κ3) is 3.99. The minimum atomic E-state index is -0.916. The van der Waals surface area contributed by atoms with Crippen molar-refractivity contribution in [3.8, 4) is 0 Å². The number of aliphatic carboxylic acids is 1. The number of rotatable bonds is 5. The van der Waals surface area contributed by atoms with Gasteiger partial charge in [0.1, 0.15) is 11.9 Å². The van der Waals surface area contributed by atoms with E-state index in [-0.39, 0.29) is 11.3 Å². The van der Waals surface area contributed by atoms with E-state index in [2.05, 4.69) is 15.0 Å². The van der Waals surface area contributed by atoms with Gasteiger partial charge in [-0.15, -0.1) is 0 Å². The summed E-state index contributed by atoms with van der Waals surface area (Å²) < 4.78 is 0.632. The summed E-state index contributed by atoms with van der Waals surface area (Å²) in [6.07, 6.45) is 0. The first-order valence-electron chi connectivity index (χ1n) is 6.62. The van der Waals surface area contributed by atoms with Crippen molar-refractivity contribution in [1.82, 2.24) is 15.0 Å². The second kappa shape index (κ2) is 6.80. The van der Waals surface area contributed by atoms with E-state index in [1.54, 1.807) is 11.8 Å². The van der Waals surface area contributed by atoms with Crippen LogP contribution in [0.3, 0.4) is 0 Å². The Kier molecular flexibility index (Phi) is 5.04. The highest BCUT2D eigenvalue weighted by Crippen LogP contribution is 2.20. The molecule has 0 aliphatic carbocycles. The van der Waals surface area contributed by atoms with Crippen LogP contribution in [0.15, 0.2) is 24.3 Å². The molecule has 0 aliphatic heterocycles. The third-order valence-electron chi connectivity index (χ3n) is 3.23. The Morgan fingerprint density at radius 2 is 1.95 bits per heavy atom. The van der Waals surface area contributed by atoms with Crippen LogP contribution in [0.1, 0.15) is 18.3 Å². The molecule has 0 saturated heterocycles. The van der Waals surface area contributed by atoms with Gasteiger partial charge in [-0.25, -0.2) is 9.78 Å². The molecule has 1 heterocycles. The molecule has 0 radical (unpaired) electrons. The van der Waals surface area contributed by atoms with Gasteiger partial charge in [0.25, 0.3) is 0 Å². The maximum absolute atomic E-state index is 11.4. The third-order valence-corrected chi connectivity index (χ3v) is 3.62. The number of benzene rings is 1. The Morgan fingerprint density at radius 3 is 2.50 bits per heavy atom. The monoisotopic (exact) mass is 336 g/mol. The number of carbonyl (C=O) groups is 1. The van der Waals surface area contributed by atoms with Crippen LogP contribution in [0.4, 0.5) is 5.69 Å². The number of hydrogen-bond donors (Lipinski definition) is 3. The van der Waals surface area contributed by atoms with Crippen molar-refractivity contribution in [3.05, 3.63) is 45.2 Å². The van der Waals surface area contributed by atoms with Crippen molar-refractivity contribution in [2.45, 2.75) is 26.4 Å². The number of H-pyrrole nitrogens is 2. The van der Waals surface area contributed by atoms with Gasteiger partial charge in [-0.05, 0) is 50.4 Å². The molecule has 0 aliphatic rings. The first kappa shape index (κ1) is 16.3. The molecule has 8 heteroatoms. The van der Waals surface area contributed by atoms with E-state index in [1.807, 2.05) is 31.2 Å². The summed E-state index contributed by atoms with van der Waals surface area (Å²) >= 11 is 10.0. The Hall–Kier alpha value is -2.06. The average Bonchev–Trinajstić information content (AvgIpc) is 2.44. The standard InChI is InChI=1S/C14H16N4O2S2/c1-8-3-5-10(6-4-8)18(9(2)12(19)20)7-11-15-13(21)17-14(22)16-11/h3-6,9H,7H2,1-2H3,(H,19,20)(H2,15,16,17,21,22). The van der Waals surface area contributed by atoms with Gasteiger partial charge < -0.3 is 20.0 Å². The summed E-state index contributed by atoms with van der Waals surface area (Å²) in [7, 11) is 0. The number of aromatic nitrogens is 3. The first-order chi connectivity index (χ1) is 10.4. The molecule has 22 heavy (non-hydrogen) atoms. The summed E-state index contributed by atoms with van der Waals surface area (Å²) in [5.74, 6) is -0.400. The SMILES string of the molecule is Cc1ccc(N(Cc2nc(=S)[nH]c(=S)[nH]2)C(C)C(=O)O)cc1. The van der Waals surface area contributed by atoms with Crippen molar-refractivity contribution in [3.63, 3.8) is 0 Å². The van der Waals surface area contributed by atoms with E-state index >= 15 is 0 Å². The number of nitrogens with one attached hydrogen (secondary N) is 2. The molecule has 2 aromatic rings. The van der Waals surface area contributed by atoms with Crippen molar-refractivity contribution in [2.24, 2.45) is 0 Å². The van der Waals surface area contributed by atoms with Crippen LogP contribution in [0.25, 0.3) is 0 Å². The van der Waals surface area contributed by atoms with Gasteiger partial charge in [0.2, 0.25) is 4.77 Å². The van der Waals surface area contributed by atoms with E-state index in [9.17, 15) is 9.90 Å². The molecular weight excluding hydrogens is 320 g/mol. The zero-order valence-electron chi connectivity index (χ0n) is 12.2. The van der Waals surface area contributed by atoms with E-state index in [4.69, 9.17) is 24.4 Å². The van der Waals surface area contributed by atoms with Crippen molar-refractivity contribution in [1.29, 1.82) is 0 Å². The minimum absolute atomic E-state index is 0.262. The van der Waals surface area contributed by atoms with Crippen molar-refractivity contribution < 1.29 is 9.90 Å². The second-order valence-electron chi connectivity index (χ2n) is 4.92. The molecule has 0 saturated carbocycles. The van der Waals surface area contributed by atoms with Gasteiger partial charge in [-0.1, -0.05) is 17.7 Å². The van der Waals surface area contributed by atoms with Crippen LogP contribution in [0.2, 0.25) is 0 Å². The Bertz CT molecular complexity index is 754. The fourth-order valence-corrected chi connectivity index (χ4v) is 2.49. The molecule has 3 N–H and O–H groups in total. The second-order valence-corrected chi connectivity index (χ2v) is 5.72. The van der Waals surface area contributed by atoms with Gasteiger partial charge in [-0.2, -0.15) is 0 Å². The number of aryl methyl sites for hydroxylation is 1. The highest BCUT2D eigenvalue weighted by molar-refractivity contribution is 7.71. The number of aromatic amines is 2. The fourth-order valence-electron chi connectivity index (χ4n) is 2.00. The molecule has 2 rings (SSSR count). The first-order valence-corrected chi connectivity index (χ1v) is 7.44. The van der Waals surface area contributed by atoms with Crippen LogP contribution in [0.5, 0.6) is 0 Å². The molecule has 1 atom stereocenters. The lowest BCUT2D eigenvalue weighted by atomic mass is 10.2. The maximum atomic E-state index is 11.4. The molecular formula is C14H16N4O2S2. The van der Waals surface area contributed by atoms with Crippen molar-refractivity contribution >= 4 is 36.1 Å². The summed E-state index contributed by atoms with van der Waals surface area (Å²) in [6.45, 7) is 3.86. The van der Waals surface area contributed by atoms with Crippen LogP contribution < -0.4 is 4.90 Å². The minimum Gasteiger partial charge on any atom is -0.480 e. The van der Waals surface area contributed by atoms with E-state index in [1.165, 1.54) is 0 Å². The summed E-state index contributed by atoms with van der Waals surface area (Å²) in [4.78, 5) is 22.9. The Balaban J connectivity index is 2.40. The normalized spacial score (nSPS) is 11.9. The predicted octanol–water partition coefficient (Wildman–Crippen LogP) is 2.98. The van der Waals surface area contributed by atoms with Gasteiger partial charge >= 0.3 is 5.97 Å². The topological polar surface area (TPSA) is 85.0 Å². The number of anilines is 1. The van der Waals surface area contributed by atoms with Crippen LogP contribution >= 0.6 is 24.4 Å². The highest BCUT2D eigenvalue weighted by atomic mass is 32.1. The number of hydrogen-bond acceptors (Lipinski definition) is 5. The van der Waals surface area contributed by atoms with Gasteiger partial charge in [-0.3, -0.25) is 0 Å². The van der Waals surface area contributed by atoms with Crippen LogP contribution in [-0.4, -0.2) is 32.1 Å². The Morgan fingerprint density at radius 1 is 1.32 bits per heavy atom. The molecule has 0 amide bonds. The zero-order valence-corrected chi connectivity index (χ0v) is 13.8. The van der Waals surface area contributed by atoms with E-state index in [0.717, 1.165) is 11.3 Å². The molecule has 1 aromatic heterocycles. The lowest BCUT2D eigenvalue weighted by molar-refractivity contribution is -0.138. The summed E-state index contributed by atoms with van der Waals surface area (Å²) in [6, 6.07) is 6.91. The van der Waals surface area contributed by atoms with Gasteiger partial charge in [0.05, 0.1) is 6.54 Å². The molecule has 6 nitrogen and oxygen atoms in total. The predicted molar refractivity (Wildman–Crippen MR) is 89.1 cm³/mol. The molecule has 0 fully saturated rings. The van der Waals surface area contributed by atoms with E-state index in [0.29, 0.717) is 10.6 Å². The maximum Gasteiger partial charge on any atom is 0.326 e. The fraction of sp³-hybridized carbons (Fsp3) is 0.286. The highest BCUT2D eigenvalue weighted by Gasteiger charge is 2.22. The van der Waals surface area contributed by atoms with Crippen molar-refractivity contribution in [2.75, 3.05) is 4.90 Å². The van der Waals surface area contributed by atoms with Gasteiger partial charge in [0.15, 0.2) is 4.77 Å². The zero-order chi connectivity index (χ0) is 16.3. The quantitative estimate of drug-likeness (QED) is 0.728.